The van der Waals surface area contributed by atoms with E-state index in [1.165, 1.54) is 0 Å². The number of benzene rings is 2. The number of nitrogens with zero attached hydrogens (tertiary/aromatic N) is 2. The Labute approximate surface area is 281 Å². The number of carbonyl (C=O) groups excluding carboxylic acids is 1. The number of para-hydroxylation sites is 2. The molecule has 0 saturated carbocycles. The van der Waals surface area contributed by atoms with Crippen molar-refractivity contribution in [3.63, 3.8) is 0 Å². The van der Waals surface area contributed by atoms with E-state index in [-0.39, 0.29) is 116 Å². The molecule has 0 aliphatic rings. The molecule has 0 bridgehead atoms. The van der Waals surface area contributed by atoms with E-state index in [4.69, 9.17) is 14.8 Å². The standard InChI is InChI=1S/C10H9NO.C9H7NO.CH3I.CH2O3.2K.H/c1-12-9-6-2-4-8-5-3-7-11-10(8)9;11-8-5-1-3-7-4-2-6-10-9(7)8;1-2;2-1-4-3;;;/h2-7H,1H3;1-6,11H;1H3;1,3H;;;/q;;;;2*+1;-1/p-1. The largest absolute Gasteiger partial charge is 1.00 e. The van der Waals surface area contributed by atoms with Crippen molar-refractivity contribution in [3.8, 4) is 11.5 Å². The molecule has 0 radical (unpaired) electrons. The van der Waals surface area contributed by atoms with Gasteiger partial charge in [0.1, 0.15) is 22.5 Å². The number of halogens is 1. The summed E-state index contributed by atoms with van der Waals surface area (Å²) in [5.41, 5.74) is 1.58. The van der Waals surface area contributed by atoms with Gasteiger partial charge in [0.2, 0.25) is 0 Å². The molecule has 0 unspecified atom stereocenters. The van der Waals surface area contributed by atoms with E-state index >= 15 is 0 Å². The number of fused-ring (bicyclic) bond motifs is 2. The van der Waals surface area contributed by atoms with Crippen LogP contribution in [0.15, 0.2) is 73.1 Å². The van der Waals surface area contributed by atoms with E-state index < -0.39 is 0 Å². The van der Waals surface area contributed by atoms with E-state index in [0.717, 1.165) is 22.0 Å². The van der Waals surface area contributed by atoms with Crippen LogP contribution in [0.4, 0.5) is 0 Å². The molecule has 31 heavy (non-hydrogen) atoms. The number of hydrogen-bond acceptors (Lipinski definition) is 7. The van der Waals surface area contributed by atoms with Crippen molar-refractivity contribution in [2.24, 2.45) is 0 Å². The molecule has 0 atom stereocenters. The second-order valence-electron chi connectivity index (χ2n) is 5.08. The zero-order chi connectivity index (χ0) is 21.5. The summed E-state index contributed by atoms with van der Waals surface area (Å²) in [7, 11) is 1.66. The number of alkyl halides is 1. The van der Waals surface area contributed by atoms with E-state index in [1.807, 2.05) is 53.5 Å². The predicted molar refractivity (Wildman–Crippen MR) is 120 cm³/mol. The first-order chi connectivity index (χ1) is 14.2. The summed E-state index contributed by atoms with van der Waals surface area (Å²) in [6.45, 7) is -0.181. The summed E-state index contributed by atoms with van der Waals surface area (Å²) in [6.07, 6.45) is 3.44. The summed E-state index contributed by atoms with van der Waals surface area (Å²) >= 11 is 2.15. The van der Waals surface area contributed by atoms with E-state index in [9.17, 15) is 5.11 Å². The van der Waals surface area contributed by atoms with Crippen LogP contribution in [0.3, 0.4) is 0 Å². The van der Waals surface area contributed by atoms with Gasteiger partial charge in [-0.25, -0.2) is 0 Å². The molecule has 0 saturated heterocycles. The minimum Gasteiger partial charge on any atom is -1.00 e. The molecule has 0 aliphatic heterocycles. The monoisotopic (exact) mass is 586 g/mol. The van der Waals surface area contributed by atoms with Crippen LogP contribution < -0.4 is 113 Å². The van der Waals surface area contributed by atoms with Crippen LogP contribution in [0.5, 0.6) is 11.5 Å². The van der Waals surface area contributed by atoms with Crippen LogP contribution in [-0.2, 0) is 9.68 Å². The van der Waals surface area contributed by atoms with E-state index in [2.05, 4.69) is 37.4 Å². The normalized spacial score (nSPS) is 8.39. The number of phenols is 1. The number of methoxy groups -OCH3 is 1. The Kier molecular flexibility index (Phi) is 22.5. The summed E-state index contributed by atoms with van der Waals surface area (Å²) in [5, 5.41) is 19.8. The second-order valence-corrected chi connectivity index (χ2v) is 5.08. The second kappa shape index (κ2) is 20.9. The molecule has 2 heterocycles. The first-order valence-corrected chi connectivity index (χ1v) is 10.4. The molecule has 4 aromatic rings. The number of ether oxygens (including phenoxy) is 1. The quantitative estimate of drug-likeness (QED) is 0.0710. The fraction of sp³-hybridized carbons (Fsp3) is 0.0952. The maximum Gasteiger partial charge on any atom is 1.00 e. The zero-order valence-electron chi connectivity index (χ0n) is 18.9. The first kappa shape index (κ1) is 33.5. The fourth-order valence-electron chi connectivity index (χ4n) is 2.33. The molecule has 10 heteroatoms. The molecule has 0 fully saturated rings. The van der Waals surface area contributed by atoms with Crippen LogP contribution in [0, 0.1) is 0 Å². The number of rotatable bonds is 2. The van der Waals surface area contributed by atoms with Crippen molar-refractivity contribution in [1.82, 2.24) is 9.97 Å². The molecule has 0 spiro atoms. The fourth-order valence-corrected chi connectivity index (χ4v) is 2.33. The molecule has 7 nitrogen and oxygen atoms in total. The van der Waals surface area contributed by atoms with Crippen molar-refractivity contribution in [2.75, 3.05) is 12.0 Å². The maximum atomic E-state index is 9.31. The van der Waals surface area contributed by atoms with Gasteiger partial charge >= 0.3 is 103 Å². The van der Waals surface area contributed by atoms with Gasteiger partial charge in [0, 0.05) is 23.2 Å². The van der Waals surface area contributed by atoms with Crippen molar-refractivity contribution in [3.05, 3.63) is 73.1 Å². The van der Waals surface area contributed by atoms with Gasteiger partial charge in [-0.05, 0) is 29.2 Å². The molecule has 1 N–H and O–H groups in total. The zero-order valence-corrected chi connectivity index (χ0v) is 26.3. The van der Waals surface area contributed by atoms with Crippen LogP contribution in [-0.4, -0.2) is 33.6 Å². The summed E-state index contributed by atoms with van der Waals surface area (Å²) in [4.78, 5) is 21.5. The average molecular weight is 587 g/mol. The molecular weight excluding hydrogens is 565 g/mol. The van der Waals surface area contributed by atoms with Gasteiger partial charge in [-0.3, -0.25) is 14.8 Å². The predicted octanol–water partition coefficient (Wildman–Crippen LogP) is -2.21. The molecule has 2 aromatic heterocycles. The third-order valence-corrected chi connectivity index (χ3v) is 3.47. The number of aromatic nitrogens is 2. The van der Waals surface area contributed by atoms with Crippen molar-refractivity contribution < 1.29 is 129 Å². The number of aromatic hydroxyl groups is 1. The Hall–Kier alpha value is 0.293. The molecule has 2 aromatic carbocycles. The van der Waals surface area contributed by atoms with Gasteiger partial charge in [0.15, 0.2) is 0 Å². The van der Waals surface area contributed by atoms with Crippen LogP contribution in [0.25, 0.3) is 21.8 Å². The van der Waals surface area contributed by atoms with Gasteiger partial charge in [-0.2, -0.15) is 0 Å². The number of phenolic OH excluding ortho intramolecular Hbond substituents is 1. The Bertz CT molecular complexity index is 1020. The Morgan fingerprint density at radius 1 is 0.903 bits per heavy atom. The topological polar surface area (TPSA) is 105 Å². The summed E-state index contributed by atoms with van der Waals surface area (Å²) in [6, 6.07) is 19.0. The van der Waals surface area contributed by atoms with Gasteiger partial charge < -0.3 is 21.4 Å². The Morgan fingerprint density at radius 2 is 1.35 bits per heavy atom. The molecule has 4 rings (SSSR count). The number of pyridine rings is 2. The minimum absolute atomic E-state index is 0. The van der Waals surface area contributed by atoms with E-state index in [0.29, 0.717) is 5.52 Å². The molecule has 0 amide bonds. The minimum atomic E-state index is -0.181. The molecule has 0 aliphatic carbocycles. The molecular formula is C21H21IK2N2O5. The summed E-state index contributed by atoms with van der Waals surface area (Å²) < 4.78 is 5.16. The number of carbonyl (C=O) groups is 1. The van der Waals surface area contributed by atoms with Crippen LogP contribution >= 0.6 is 22.6 Å². The Balaban J connectivity index is -0.000000395. The van der Waals surface area contributed by atoms with Gasteiger partial charge in [0.25, 0.3) is 6.47 Å². The number of hydrogen-bond donors (Lipinski definition) is 1. The van der Waals surface area contributed by atoms with E-state index in [1.54, 1.807) is 31.6 Å². The first-order valence-electron chi connectivity index (χ1n) is 8.21. The SMILES string of the molecule is CI.COc1cccc2cccnc12.O=CO[O-].Oc1cccc2cccnc12.[H-].[K+].[K+]. The maximum absolute atomic E-state index is 9.31. The molecule has 154 valence electrons. The van der Waals surface area contributed by atoms with Crippen LogP contribution in [0.1, 0.15) is 1.43 Å². The van der Waals surface area contributed by atoms with Crippen LogP contribution in [0.2, 0.25) is 0 Å². The Morgan fingerprint density at radius 3 is 1.84 bits per heavy atom. The van der Waals surface area contributed by atoms with Crippen molar-refractivity contribution in [2.45, 2.75) is 0 Å². The third kappa shape index (κ3) is 11.8. The van der Waals surface area contributed by atoms with Crippen molar-refractivity contribution in [1.29, 1.82) is 0 Å². The smallest absolute Gasteiger partial charge is 1.00 e. The van der Waals surface area contributed by atoms with Crippen molar-refractivity contribution >= 4 is 50.9 Å². The van der Waals surface area contributed by atoms with Gasteiger partial charge in [-0.1, -0.05) is 59.0 Å². The summed E-state index contributed by atoms with van der Waals surface area (Å²) in [5.74, 6) is 1.07. The van der Waals surface area contributed by atoms with Gasteiger partial charge in [0.05, 0.1) is 7.11 Å². The third-order valence-electron chi connectivity index (χ3n) is 3.47. The average Bonchev–Trinajstić information content (AvgIpc) is 2.81. The van der Waals surface area contributed by atoms with Gasteiger partial charge in [-0.15, -0.1) is 0 Å².